The summed E-state index contributed by atoms with van der Waals surface area (Å²) in [5.41, 5.74) is 0.922. The fraction of sp³-hybridized carbons (Fsp3) is 1.00. The molecule has 0 bridgehead atoms. The van der Waals surface area contributed by atoms with Gasteiger partial charge in [0.2, 0.25) is 0 Å². The van der Waals surface area contributed by atoms with Gasteiger partial charge < -0.3 is 0 Å². The molecular formula is C12H22. The average Bonchev–Trinajstić information content (AvgIpc) is 2.76. The van der Waals surface area contributed by atoms with Crippen molar-refractivity contribution in [1.29, 1.82) is 0 Å². The average molecular weight is 166 g/mol. The van der Waals surface area contributed by atoms with Gasteiger partial charge >= 0.3 is 0 Å². The van der Waals surface area contributed by atoms with Gasteiger partial charge in [0.15, 0.2) is 0 Å². The lowest BCUT2D eigenvalue weighted by atomic mass is 9.65. The second-order valence-corrected chi connectivity index (χ2v) is 5.29. The zero-order chi connectivity index (χ0) is 8.60. The van der Waals surface area contributed by atoms with Gasteiger partial charge in [0.05, 0.1) is 0 Å². The largest absolute Gasteiger partial charge is 0.0654 e. The lowest BCUT2D eigenvalue weighted by Gasteiger charge is -2.40. The van der Waals surface area contributed by atoms with Crippen molar-refractivity contribution in [1.82, 2.24) is 0 Å². The van der Waals surface area contributed by atoms with Crippen LogP contribution >= 0.6 is 0 Å². The number of hydrogen-bond donors (Lipinski definition) is 0. The zero-order valence-electron chi connectivity index (χ0n) is 8.60. The minimum Gasteiger partial charge on any atom is -0.0654 e. The molecule has 12 heavy (non-hydrogen) atoms. The van der Waals surface area contributed by atoms with Crippen LogP contribution in [0.2, 0.25) is 0 Å². The summed E-state index contributed by atoms with van der Waals surface area (Å²) in [6.45, 7) is 4.77. The van der Waals surface area contributed by atoms with Crippen LogP contribution in [0.5, 0.6) is 0 Å². The lowest BCUT2D eigenvalue weighted by molar-refractivity contribution is 0.106. The summed E-state index contributed by atoms with van der Waals surface area (Å²) in [6.07, 6.45) is 10.6. The first kappa shape index (κ1) is 8.59. The molecule has 2 rings (SSSR count). The highest BCUT2D eigenvalue weighted by atomic mass is 14.6. The molecule has 2 saturated carbocycles. The first-order chi connectivity index (χ1) is 5.76. The standard InChI is InChI=1S/C12H22/c1-3-4-5-10(2)11-8-12(9-11)6-7-12/h10-11H,3-9H2,1-2H3. The Bertz CT molecular complexity index is 147. The second kappa shape index (κ2) is 3.05. The number of rotatable bonds is 4. The summed E-state index contributed by atoms with van der Waals surface area (Å²) < 4.78 is 0. The highest BCUT2D eigenvalue weighted by Crippen LogP contribution is 2.65. The molecule has 1 spiro atoms. The maximum absolute atomic E-state index is 2.47. The van der Waals surface area contributed by atoms with Gasteiger partial charge in [-0.1, -0.05) is 33.1 Å². The van der Waals surface area contributed by atoms with Gasteiger partial charge in [0.25, 0.3) is 0 Å². The van der Waals surface area contributed by atoms with E-state index in [0.29, 0.717) is 0 Å². The van der Waals surface area contributed by atoms with Gasteiger partial charge in [0.1, 0.15) is 0 Å². The molecule has 0 radical (unpaired) electrons. The fourth-order valence-electron chi connectivity index (χ4n) is 2.80. The van der Waals surface area contributed by atoms with Crippen LogP contribution in [0, 0.1) is 17.3 Å². The van der Waals surface area contributed by atoms with Gasteiger partial charge in [-0.25, -0.2) is 0 Å². The molecular weight excluding hydrogens is 144 g/mol. The summed E-state index contributed by atoms with van der Waals surface area (Å²) in [5, 5.41) is 0. The Morgan fingerprint density at radius 2 is 2.00 bits per heavy atom. The molecule has 2 aliphatic rings. The van der Waals surface area contributed by atoms with E-state index in [4.69, 9.17) is 0 Å². The smallest absolute Gasteiger partial charge is 0.0292 e. The van der Waals surface area contributed by atoms with Crippen molar-refractivity contribution < 1.29 is 0 Å². The Hall–Kier alpha value is 0. The van der Waals surface area contributed by atoms with E-state index in [1.807, 2.05) is 0 Å². The van der Waals surface area contributed by atoms with Crippen molar-refractivity contribution in [3.63, 3.8) is 0 Å². The van der Waals surface area contributed by atoms with Crippen molar-refractivity contribution in [2.24, 2.45) is 17.3 Å². The summed E-state index contributed by atoms with van der Waals surface area (Å²) in [6, 6.07) is 0. The Morgan fingerprint density at radius 3 is 2.50 bits per heavy atom. The van der Waals surface area contributed by atoms with E-state index in [2.05, 4.69) is 13.8 Å². The van der Waals surface area contributed by atoms with Crippen LogP contribution < -0.4 is 0 Å². The summed E-state index contributed by atoms with van der Waals surface area (Å²) in [7, 11) is 0. The van der Waals surface area contributed by atoms with E-state index in [0.717, 1.165) is 17.3 Å². The minimum absolute atomic E-state index is 0.922. The first-order valence-corrected chi connectivity index (χ1v) is 5.76. The fourth-order valence-corrected chi connectivity index (χ4v) is 2.80. The second-order valence-electron chi connectivity index (χ2n) is 5.29. The summed E-state index contributed by atoms with van der Waals surface area (Å²) >= 11 is 0. The van der Waals surface area contributed by atoms with Crippen molar-refractivity contribution in [2.75, 3.05) is 0 Å². The van der Waals surface area contributed by atoms with E-state index in [1.165, 1.54) is 19.3 Å². The van der Waals surface area contributed by atoms with Crippen molar-refractivity contribution in [3.8, 4) is 0 Å². The van der Waals surface area contributed by atoms with E-state index in [-0.39, 0.29) is 0 Å². The Balaban J connectivity index is 1.65. The SMILES string of the molecule is CCCCC(C)C1CC2(CC2)C1. The molecule has 0 nitrogen and oxygen atoms in total. The molecule has 0 saturated heterocycles. The minimum atomic E-state index is 0.922. The monoisotopic (exact) mass is 166 g/mol. The molecule has 0 aromatic heterocycles. The van der Waals surface area contributed by atoms with Crippen LogP contribution in [0.25, 0.3) is 0 Å². The maximum atomic E-state index is 2.47. The molecule has 0 heterocycles. The topological polar surface area (TPSA) is 0 Å². The predicted octanol–water partition coefficient (Wildman–Crippen LogP) is 4.00. The van der Waals surface area contributed by atoms with Crippen LogP contribution in [-0.2, 0) is 0 Å². The molecule has 0 aromatic rings. The summed E-state index contributed by atoms with van der Waals surface area (Å²) in [5.74, 6) is 2.13. The third-order valence-corrected chi connectivity index (χ3v) is 4.17. The highest BCUT2D eigenvalue weighted by molar-refractivity contribution is 5.04. The first-order valence-electron chi connectivity index (χ1n) is 5.76. The quantitative estimate of drug-likeness (QED) is 0.592. The highest BCUT2D eigenvalue weighted by Gasteiger charge is 2.53. The van der Waals surface area contributed by atoms with E-state index in [9.17, 15) is 0 Å². The Labute approximate surface area is 76.7 Å². The van der Waals surface area contributed by atoms with Crippen LogP contribution in [-0.4, -0.2) is 0 Å². The third kappa shape index (κ3) is 1.53. The van der Waals surface area contributed by atoms with Gasteiger partial charge in [-0.3, -0.25) is 0 Å². The van der Waals surface area contributed by atoms with Crippen molar-refractivity contribution in [3.05, 3.63) is 0 Å². The van der Waals surface area contributed by atoms with Gasteiger partial charge in [-0.15, -0.1) is 0 Å². The van der Waals surface area contributed by atoms with E-state index in [1.54, 1.807) is 25.7 Å². The van der Waals surface area contributed by atoms with Crippen LogP contribution in [0.1, 0.15) is 58.8 Å². The lowest BCUT2D eigenvalue weighted by Crippen LogP contribution is -2.30. The van der Waals surface area contributed by atoms with Crippen molar-refractivity contribution >= 4 is 0 Å². The molecule has 2 fully saturated rings. The normalized spacial score (nSPS) is 28.5. The molecule has 0 heteroatoms. The number of hydrogen-bond acceptors (Lipinski definition) is 0. The van der Waals surface area contributed by atoms with Gasteiger partial charge in [-0.2, -0.15) is 0 Å². The molecule has 1 atom stereocenters. The Morgan fingerprint density at radius 1 is 1.33 bits per heavy atom. The van der Waals surface area contributed by atoms with Crippen LogP contribution in [0.15, 0.2) is 0 Å². The summed E-state index contributed by atoms with van der Waals surface area (Å²) in [4.78, 5) is 0. The predicted molar refractivity (Wildman–Crippen MR) is 53.1 cm³/mol. The molecule has 1 unspecified atom stereocenters. The van der Waals surface area contributed by atoms with E-state index < -0.39 is 0 Å². The van der Waals surface area contributed by atoms with E-state index >= 15 is 0 Å². The maximum Gasteiger partial charge on any atom is -0.0292 e. The molecule has 0 aliphatic heterocycles. The molecule has 2 aliphatic carbocycles. The van der Waals surface area contributed by atoms with Crippen LogP contribution in [0.3, 0.4) is 0 Å². The third-order valence-electron chi connectivity index (χ3n) is 4.17. The van der Waals surface area contributed by atoms with Gasteiger partial charge in [0, 0.05) is 0 Å². The molecule has 0 N–H and O–H groups in total. The number of unbranched alkanes of at least 4 members (excludes halogenated alkanes) is 1. The van der Waals surface area contributed by atoms with Crippen LogP contribution in [0.4, 0.5) is 0 Å². The zero-order valence-corrected chi connectivity index (χ0v) is 8.60. The van der Waals surface area contributed by atoms with Crippen molar-refractivity contribution in [2.45, 2.75) is 58.8 Å². The molecule has 0 aromatic carbocycles. The molecule has 0 amide bonds. The Kier molecular flexibility index (Phi) is 2.18. The van der Waals surface area contributed by atoms with Gasteiger partial charge in [-0.05, 0) is 42.9 Å². The molecule has 70 valence electrons.